The molecule has 0 radical (unpaired) electrons. The van der Waals surface area contributed by atoms with E-state index in [1.807, 2.05) is 10.6 Å². The average Bonchev–Trinajstić information content (AvgIpc) is 3.36. The second kappa shape index (κ2) is 9.16. The van der Waals surface area contributed by atoms with Gasteiger partial charge < -0.3 is 19.2 Å². The van der Waals surface area contributed by atoms with E-state index in [1.54, 1.807) is 47.4 Å². The summed E-state index contributed by atoms with van der Waals surface area (Å²) in [5, 5.41) is 3.43. The maximum atomic E-state index is 13.7. The van der Waals surface area contributed by atoms with Gasteiger partial charge in [-0.25, -0.2) is 0 Å². The molecule has 2 aliphatic heterocycles. The molecule has 1 aromatic carbocycles. The second-order valence-electron chi connectivity index (χ2n) is 8.57. The Hall–Kier alpha value is -3.29. The van der Waals surface area contributed by atoms with Crippen LogP contribution in [0.5, 0.6) is 0 Å². The Labute approximate surface area is 205 Å². The Morgan fingerprint density at radius 3 is 2.65 bits per heavy atom. The highest BCUT2D eigenvalue weighted by Crippen LogP contribution is 2.35. The van der Waals surface area contributed by atoms with Crippen molar-refractivity contribution in [1.82, 2.24) is 14.8 Å². The molecule has 34 heavy (non-hydrogen) atoms. The molecule has 4 heterocycles. The summed E-state index contributed by atoms with van der Waals surface area (Å²) in [6, 6.07) is 13.4. The third kappa shape index (κ3) is 4.41. The first-order valence-electron chi connectivity index (χ1n) is 10.9. The molecule has 3 aromatic rings. The van der Waals surface area contributed by atoms with Crippen LogP contribution < -0.4 is 10.9 Å². The van der Waals surface area contributed by atoms with Gasteiger partial charge >= 0.3 is 0 Å². The highest BCUT2D eigenvalue weighted by atomic mass is 35.5. The standard InChI is InChI=1S/C25H21Cl2N3O4/c26-18-7-6-15(10-19(18)27)11-20(28-24(32)22-4-2-8-34-22)25(33)29-12-16-9-17(14-29)21-3-1-5-23(31)30(21)13-16/h1-8,10-11,16-17H,9,12-14H2,(H,28,32). The zero-order chi connectivity index (χ0) is 23.8. The van der Waals surface area contributed by atoms with Gasteiger partial charge in [0, 0.05) is 37.3 Å². The van der Waals surface area contributed by atoms with Crippen LogP contribution in [0.3, 0.4) is 0 Å². The lowest BCUT2D eigenvalue weighted by Crippen LogP contribution is -2.50. The van der Waals surface area contributed by atoms with Gasteiger partial charge in [-0.1, -0.05) is 35.3 Å². The van der Waals surface area contributed by atoms with Crippen LogP contribution in [-0.4, -0.2) is 34.4 Å². The van der Waals surface area contributed by atoms with Crippen LogP contribution in [0.4, 0.5) is 0 Å². The fraction of sp³-hybridized carbons (Fsp3) is 0.240. The fourth-order valence-corrected chi connectivity index (χ4v) is 5.05. The van der Waals surface area contributed by atoms with Crippen LogP contribution in [0.2, 0.25) is 10.0 Å². The third-order valence-electron chi connectivity index (χ3n) is 6.25. The molecule has 5 rings (SSSR count). The van der Waals surface area contributed by atoms with Crippen molar-refractivity contribution in [3.8, 4) is 0 Å². The summed E-state index contributed by atoms with van der Waals surface area (Å²) in [7, 11) is 0. The van der Waals surface area contributed by atoms with Crippen LogP contribution in [0.15, 0.2) is 69.7 Å². The van der Waals surface area contributed by atoms with Crippen LogP contribution >= 0.6 is 23.2 Å². The number of piperidine rings is 1. The number of likely N-dealkylation sites (tertiary alicyclic amines) is 1. The number of carbonyl (C=O) groups is 2. The number of benzene rings is 1. The molecule has 2 atom stereocenters. The molecule has 1 N–H and O–H groups in total. The number of amides is 2. The molecule has 2 amide bonds. The number of aromatic nitrogens is 1. The molecule has 2 aliphatic rings. The molecule has 9 heteroatoms. The summed E-state index contributed by atoms with van der Waals surface area (Å²) >= 11 is 12.2. The summed E-state index contributed by atoms with van der Waals surface area (Å²) in [4.78, 5) is 40.4. The summed E-state index contributed by atoms with van der Waals surface area (Å²) in [5.41, 5.74) is 1.64. The van der Waals surface area contributed by atoms with Crippen LogP contribution in [-0.2, 0) is 11.3 Å². The quantitative estimate of drug-likeness (QED) is 0.548. The Kier molecular flexibility index (Phi) is 6.06. The second-order valence-corrected chi connectivity index (χ2v) is 9.39. The van der Waals surface area contributed by atoms with Crippen molar-refractivity contribution in [1.29, 1.82) is 0 Å². The zero-order valence-corrected chi connectivity index (χ0v) is 19.6. The Morgan fingerprint density at radius 1 is 1.03 bits per heavy atom. The molecule has 1 saturated heterocycles. The topological polar surface area (TPSA) is 84.5 Å². The van der Waals surface area contributed by atoms with Crippen molar-refractivity contribution in [2.75, 3.05) is 13.1 Å². The predicted octanol–water partition coefficient (Wildman–Crippen LogP) is 4.16. The van der Waals surface area contributed by atoms with Gasteiger partial charge in [0.15, 0.2) is 5.76 Å². The number of hydrogen-bond donors (Lipinski definition) is 1. The monoisotopic (exact) mass is 497 g/mol. The van der Waals surface area contributed by atoms with E-state index in [1.165, 1.54) is 12.3 Å². The van der Waals surface area contributed by atoms with E-state index in [0.29, 0.717) is 35.2 Å². The van der Waals surface area contributed by atoms with E-state index in [4.69, 9.17) is 27.6 Å². The maximum absolute atomic E-state index is 13.7. The fourth-order valence-electron chi connectivity index (χ4n) is 4.74. The first-order valence-corrected chi connectivity index (χ1v) is 11.7. The zero-order valence-electron chi connectivity index (χ0n) is 18.0. The van der Waals surface area contributed by atoms with Crippen molar-refractivity contribution in [3.63, 3.8) is 0 Å². The molecule has 7 nitrogen and oxygen atoms in total. The van der Waals surface area contributed by atoms with Crippen molar-refractivity contribution in [2.45, 2.75) is 18.9 Å². The van der Waals surface area contributed by atoms with Crippen molar-refractivity contribution in [3.05, 3.63) is 97.9 Å². The normalized spacial score (nSPS) is 19.5. The molecule has 174 valence electrons. The number of halogens is 2. The molecule has 0 spiro atoms. The predicted molar refractivity (Wildman–Crippen MR) is 129 cm³/mol. The number of hydrogen-bond acceptors (Lipinski definition) is 4. The van der Waals surface area contributed by atoms with E-state index in [0.717, 1.165) is 12.1 Å². The molecule has 2 aromatic heterocycles. The number of rotatable bonds is 4. The van der Waals surface area contributed by atoms with Crippen molar-refractivity contribution in [2.24, 2.45) is 5.92 Å². The van der Waals surface area contributed by atoms with Crippen molar-refractivity contribution >= 4 is 41.1 Å². The van der Waals surface area contributed by atoms with E-state index >= 15 is 0 Å². The third-order valence-corrected chi connectivity index (χ3v) is 6.98. The molecule has 2 bridgehead atoms. The van der Waals surface area contributed by atoms with Gasteiger partial charge in [0.2, 0.25) is 0 Å². The molecule has 0 saturated carbocycles. The van der Waals surface area contributed by atoms with Crippen LogP contribution in [0.25, 0.3) is 6.08 Å². The summed E-state index contributed by atoms with van der Waals surface area (Å²) in [6.45, 7) is 1.51. The van der Waals surface area contributed by atoms with Gasteiger partial charge in [0.1, 0.15) is 5.70 Å². The number of carbonyl (C=O) groups excluding carboxylic acids is 2. The van der Waals surface area contributed by atoms with E-state index in [-0.39, 0.29) is 34.8 Å². The minimum atomic E-state index is -0.529. The SMILES string of the molecule is O=C(NC(=Cc1ccc(Cl)c(Cl)c1)C(=O)N1CC2CC(C1)c1cccc(=O)n1C2)c1ccco1. The molecule has 0 aliphatic carbocycles. The Morgan fingerprint density at radius 2 is 1.88 bits per heavy atom. The minimum Gasteiger partial charge on any atom is -0.459 e. The number of nitrogens with one attached hydrogen (secondary N) is 1. The van der Waals surface area contributed by atoms with E-state index in [9.17, 15) is 14.4 Å². The number of furan rings is 1. The molecular weight excluding hydrogens is 477 g/mol. The highest BCUT2D eigenvalue weighted by molar-refractivity contribution is 6.42. The van der Waals surface area contributed by atoms with E-state index < -0.39 is 5.91 Å². The van der Waals surface area contributed by atoms with Gasteiger partial charge in [0.25, 0.3) is 17.4 Å². The summed E-state index contributed by atoms with van der Waals surface area (Å²) < 4.78 is 6.99. The lowest BCUT2D eigenvalue weighted by Gasteiger charge is -2.42. The summed E-state index contributed by atoms with van der Waals surface area (Å²) in [5.74, 6) is -0.539. The highest BCUT2D eigenvalue weighted by Gasteiger charge is 2.37. The smallest absolute Gasteiger partial charge is 0.291 e. The largest absolute Gasteiger partial charge is 0.459 e. The molecular formula is C25H21Cl2N3O4. The molecule has 2 unspecified atom stereocenters. The average molecular weight is 498 g/mol. The number of nitrogens with zero attached hydrogens (tertiary/aromatic N) is 2. The van der Waals surface area contributed by atoms with E-state index in [2.05, 4.69) is 5.32 Å². The van der Waals surface area contributed by atoms with Gasteiger partial charge in [-0.3, -0.25) is 14.4 Å². The lowest BCUT2D eigenvalue weighted by molar-refractivity contribution is -0.130. The first kappa shape index (κ1) is 22.5. The van der Waals surface area contributed by atoms with Gasteiger partial charge in [-0.05, 0) is 54.3 Å². The summed E-state index contributed by atoms with van der Waals surface area (Å²) in [6.07, 6.45) is 3.89. The maximum Gasteiger partial charge on any atom is 0.291 e. The first-order chi connectivity index (χ1) is 16.4. The Bertz CT molecular complexity index is 1350. The number of pyridine rings is 1. The lowest BCUT2D eigenvalue weighted by atomic mass is 9.83. The Balaban J connectivity index is 1.45. The van der Waals surface area contributed by atoms with Crippen molar-refractivity contribution < 1.29 is 14.0 Å². The number of fused-ring (bicyclic) bond motifs is 4. The minimum absolute atomic E-state index is 0.0158. The van der Waals surface area contributed by atoms with Gasteiger partial charge in [-0.2, -0.15) is 0 Å². The molecule has 1 fully saturated rings. The van der Waals surface area contributed by atoms with Gasteiger partial charge in [-0.15, -0.1) is 0 Å². The van der Waals surface area contributed by atoms with Crippen LogP contribution in [0.1, 0.15) is 34.2 Å². The van der Waals surface area contributed by atoms with Crippen LogP contribution in [0, 0.1) is 5.92 Å². The van der Waals surface area contributed by atoms with Gasteiger partial charge in [0.05, 0.1) is 16.3 Å².